The number of methoxy groups -OCH3 is 1. The Bertz CT molecular complexity index is 995. The number of para-hydroxylation sites is 1. The van der Waals surface area contributed by atoms with Crippen LogP contribution in [0.25, 0.3) is 6.08 Å². The molecule has 10 heteroatoms. The van der Waals surface area contributed by atoms with Crippen LogP contribution in [0.2, 0.25) is 0 Å². The van der Waals surface area contributed by atoms with E-state index >= 15 is 0 Å². The molecule has 0 atom stereocenters. The first kappa shape index (κ1) is 17.7. The van der Waals surface area contributed by atoms with E-state index in [1.54, 1.807) is 24.3 Å². The van der Waals surface area contributed by atoms with Gasteiger partial charge in [0.1, 0.15) is 5.75 Å². The fraction of sp³-hybridized carbons (Fsp3) is 0.0588. The number of carbonyl (C=O) groups excluding carboxylic acids is 1. The summed E-state index contributed by atoms with van der Waals surface area (Å²) in [4.78, 5) is 36.5. The lowest BCUT2D eigenvalue weighted by Gasteiger charge is -2.03. The van der Waals surface area contributed by atoms with Crippen molar-refractivity contribution in [3.05, 3.63) is 79.5 Å². The molecule has 0 bridgehead atoms. The van der Waals surface area contributed by atoms with Gasteiger partial charge in [-0.15, -0.1) is 0 Å². The molecule has 2 aromatic carbocycles. The fourth-order valence-corrected chi connectivity index (χ4v) is 2.40. The molecule has 0 aliphatic carbocycles. The summed E-state index contributed by atoms with van der Waals surface area (Å²) in [7, 11) is 1.47. The first-order valence-electron chi connectivity index (χ1n) is 7.49. The van der Waals surface area contributed by atoms with Crippen molar-refractivity contribution in [2.75, 3.05) is 7.11 Å². The lowest BCUT2D eigenvalue weighted by atomic mass is 10.1. The summed E-state index contributed by atoms with van der Waals surface area (Å²) < 4.78 is 10.2. The second-order valence-corrected chi connectivity index (χ2v) is 5.33. The summed E-state index contributed by atoms with van der Waals surface area (Å²) >= 11 is 0. The normalized spacial score (nSPS) is 14.6. The number of carbonyl (C=O) groups is 1. The van der Waals surface area contributed by atoms with Crippen molar-refractivity contribution >= 4 is 29.3 Å². The topological polar surface area (TPSA) is 134 Å². The number of rotatable bonds is 5. The minimum absolute atomic E-state index is 0.0484. The molecule has 0 N–H and O–H groups in total. The van der Waals surface area contributed by atoms with E-state index in [4.69, 9.17) is 9.47 Å². The average molecular weight is 369 g/mol. The van der Waals surface area contributed by atoms with E-state index in [9.17, 15) is 25.0 Å². The zero-order valence-electron chi connectivity index (χ0n) is 13.8. The SMILES string of the molecule is COc1ccccc1C=C1N=C(c2cc([N+](=O)[O-])cc([N+](=O)[O-])c2)OC1=O. The van der Waals surface area contributed by atoms with E-state index in [0.29, 0.717) is 11.3 Å². The van der Waals surface area contributed by atoms with Gasteiger partial charge < -0.3 is 9.47 Å². The second kappa shape index (κ2) is 7.04. The molecule has 1 heterocycles. The number of non-ortho nitro benzene ring substituents is 2. The Labute approximate surface area is 151 Å². The molecule has 27 heavy (non-hydrogen) atoms. The van der Waals surface area contributed by atoms with Crippen molar-refractivity contribution in [1.82, 2.24) is 0 Å². The maximum atomic E-state index is 12.1. The lowest BCUT2D eigenvalue weighted by molar-refractivity contribution is -0.394. The van der Waals surface area contributed by atoms with Gasteiger partial charge in [-0.1, -0.05) is 18.2 Å². The third kappa shape index (κ3) is 3.63. The van der Waals surface area contributed by atoms with Crippen LogP contribution in [0.15, 0.2) is 53.2 Å². The van der Waals surface area contributed by atoms with Gasteiger partial charge in [-0.25, -0.2) is 9.79 Å². The zero-order valence-corrected chi connectivity index (χ0v) is 13.8. The number of cyclic esters (lactones) is 1. The van der Waals surface area contributed by atoms with Gasteiger partial charge in [0.25, 0.3) is 11.4 Å². The Kier molecular flexibility index (Phi) is 4.62. The van der Waals surface area contributed by atoms with Crippen LogP contribution in [0.5, 0.6) is 5.75 Å². The van der Waals surface area contributed by atoms with E-state index in [0.717, 1.165) is 18.2 Å². The van der Waals surface area contributed by atoms with Gasteiger partial charge in [0, 0.05) is 17.7 Å². The molecule has 1 aliphatic heterocycles. The third-order valence-electron chi connectivity index (χ3n) is 3.62. The lowest BCUT2D eigenvalue weighted by Crippen LogP contribution is -2.06. The minimum Gasteiger partial charge on any atom is -0.496 e. The number of nitro benzene ring substituents is 2. The number of aliphatic imine (C=N–C) groups is 1. The molecule has 0 saturated carbocycles. The summed E-state index contributed by atoms with van der Waals surface area (Å²) in [5, 5.41) is 22.0. The van der Waals surface area contributed by atoms with Gasteiger partial charge in [0.05, 0.1) is 28.6 Å². The van der Waals surface area contributed by atoms with E-state index in [2.05, 4.69) is 4.99 Å². The van der Waals surface area contributed by atoms with Crippen LogP contribution < -0.4 is 4.74 Å². The average Bonchev–Trinajstić information content (AvgIpc) is 3.02. The molecule has 0 saturated heterocycles. The zero-order chi connectivity index (χ0) is 19.6. The van der Waals surface area contributed by atoms with Crippen LogP contribution in [0.1, 0.15) is 11.1 Å². The molecule has 136 valence electrons. The number of ether oxygens (including phenoxy) is 2. The van der Waals surface area contributed by atoms with Crippen LogP contribution in [-0.2, 0) is 9.53 Å². The van der Waals surface area contributed by atoms with Crippen LogP contribution in [0.4, 0.5) is 11.4 Å². The van der Waals surface area contributed by atoms with E-state index < -0.39 is 27.2 Å². The Morgan fingerprint density at radius 3 is 2.30 bits per heavy atom. The summed E-state index contributed by atoms with van der Waals surface area (Å²) in [5.74, 6) is -0.537. The predicted molar refractivity (Wildman–Crippen MR) is 93.4 cm³/mol. The summed E-state index contributed by atoms with van der Waals surface area (Å²) in [5.41, 5.74) is -0.571. The Balaban J connectivity index is 2.05. The van der Waals surface area contributed by atoms with Crippen LogP contribution in [0.3, 0.4) is 0 Å². The number of nitrogens with zero attached hydrogens (tertiary/aromatic N) is 3. The number of hydrogen-bond acceptors (Lipinski definition) is 8. The van der Waals surface area contributed by atoms with Crippen molar-refractivity contribution < 1.29 is 24.1 Å². The van der Waals surface area contributed by atoms with Gasteiger partial charge in [0.2, 0.25) is 5.90 Å². The standard InChI is InChI=1S/C17H11N3O7/c1-26-15-5-3-2-4-10(15)8-14-17(21)27-16(18-14)11-6-12(19(22)23)9-13(7-11)20(24)25/h2-9H,1H3. The number of nitro groups is 2. The van der Waals surface area contributed by atoms with Gasteiger partial charge in [-0.05, 0) is 12.1 Å². The molecular formula is C17H11N3O7. The fourth-order valence-electron chi connectivity index (χ4n) is 2.40. The molecule has 0 radical (unpaired) electrons. The van der Waals surface area contributed by atoms with Gasteiger partial charge >= 0.3 is 5.97 Å². The van der Waals surface area contributed by atoms with Crippen molar-refractivity contribution in [2.45, 2.75) is 0 Å². The molecule has 0 spiro atoms. The summed E-state index contributed by atoms with van der Waals surface area (Å²) in [6.45, 7) is 0. The molecular weight excluding hydrogens is 358 g/mol. The molecule has 3 rings (SSSR count). The highest BCUT2D eigenvalue weighted by atomic mass is 16.6. The highest BCUT2D eigenvalue weighted by Gasteiger charge is 2.27. The van der Waals surface area contributed by atoms with Crippen LogP contribution in [-0.4, -0.2) is 28.8 Å². The molecule has 0 fully saturated rings. The summed E-state index contributed by atoms with van der Waals surface area (Å²) in [6, 6.07) is 9.79. The number of hydrogen-bond donors (Lipinski definition) is 0. The van der Waals surface area contributed by atoms with Gasteiger partial charge in [-0.2, -0.15) is 0 Å². The summed E-state index contributed by atoms with van der Waals surface area (Å²) in [6.07, 6.45) is 1.43. The number of esters is 1. The Hall–Kier alpha value is -4.08. The van der Waals surface area contributed by atoms with Crippen LogP contribution >= 0.6 is 0 Å². The third-order valence-corrected chi connectivity index (χ3v) is 3.62. The largest absolute Gasteiger partial charge is 0.496 e. The van der Waals surface area contributed by atoms with E-state index in [-0.39, 0.29) is 17.2 Å². The van der Waals surface area contributed by atoms with Crippen molar-refractivity contribution in [2.24, 2.45) is 4.99 Å². The highest BCUT2D eigenvalue weighted by Crippen LogP contribution is 2.28. The first-order valence-corrected chi connectivity index (χ1v) is 7.49. The molecule has 10 nitrogen and oxygen atoms in total. The minimum atomic E-state index is -0.787. The molecule has 0 unspecified atom stereocenters. The monoisotopic (exact) mass is 369 g/mol. The Morgan fingerprint density at radius 1 is 1.07 bits per heavy atom. The molecule has 1 aliphatic rings. The molecule has 0 amide bonds. The van der Waals surface area contributed by atoms with Crippen LogP contribution in [0, 0.1) is 20.2 Å². The van der Waals surface area contributed by atoms with Crippen molar-refractivity contribution in [3.8, 4) is 5.75 Å². The maximum Gasteiger partial charge on any atom is 0.363 e. The van der Waals surface area contributed by atoms with E-state index in [1.807, 2.05) is 0 Å². The van der Waals surface area contributed by atoms with Gasteiger partial charge in [-0.3, -0.25) is 20.2 Å². The second-order valence-electron chi connectivity index (χ2n) is 5.33. The smallest absolute Gasteiger partial charge is 0.363 e. The molecule has 2 aromatic rings. The molecule has 0 aromatic heterocycles. The first-order chi connectivity index (χ1) is 12.9. The predicted octanol–water partition coefficient (Wildman–Crippen LogP) is 2.86. The van der Waals surface area contributed by atoms with E-state index in [1.165, 1.54) is 13.2 Å². The maximum absolute atomic E-state index is 12.1. The van der Waals surface area contributed by atoms with Crippen molar-refractivity contribution in [3.63, 3.8) is 0 Å². The van der Waals surface area contributed by atoms with Gasteiger partial charge in [0.15, 0.2) is 5.70 Å². The highest BCUT2D eigenvalue weighted by molar-refractivity contribution is 6.13. The van der Waals surface area contributed by atoms with Crippen molar-refractivity contribution in [1.29, 1.82) is 0 Å². The Morgan fingerprint density at radius 2 is 1.70 bits per heavy atom. The number of benzene rings is 2. The quantitative estimate of drug-likeness (QED) is 0.342.